The van der Waals surface area contributed by atoms with Gasteiger partial charge < -0.3 is 5.73 Å². The van der Waals surface area contributed by atoms with Gasteiger partial charge in [-0.2, -0.15) is 8.75 Å². The molecule has 0 spiro atoms. The first-order chi connectivity index (χ1) is 9.58. The quantitative estimate of drug-likeness (QED) is 0.722. The molecule has 3 rings (SSSR count). The third-order valence-electron chi connectivity index (χ3n) is 2.74. The molecule has 20 heavy (non-hydrogen) atoms. The third-order valence-corrected chi connectivity index (χ3v) is 4.68. The zero-order chi connectivity index (χ0) is 14.2. The van der Waals surface area contributed by atoms with Gasteiger partial charge in [0.25, 0.3) is 10.0 Å². The van der Waals surface area contributed by atoms with Crippen LogP contribution in [0.2, 0.25) is 0 Å². The number of sulfonamides is 1. The van der Waals surface area contributed by atoms with Crippen LogP contribution in [0.15, 0.2) is 47.4 Å². The molecular weight excluding hydrogens is 296 g/mol. The van der Waals surface area contributed by atoms with Crippen LogP contribution in [0.3, 0.4) is 0 Å². The Morgan fingerprint density at radius 2 is 1.85 bits per heavy atom. The van der Waals surface area contributed by atoms with E-state index in [-0.39, 0.29) is 4.90 Å². The minimum Gasteiger partial charge on any atom is -0.397 e. The summed E-state index contributed by atoms with van der Waals surface area (Å²) in [6.07, 6.45) is 0. The summed E-state index contributed by atoms with van der Waals surface area (Å²) < 4.78 is 35.4. The topological polar surface area (TPSA) is 98.0 Å². The van der Waals surface area contributed by atoms with Crippen molar-refractivity contribution in [1.29, 1.82) is 0 Å². The number of fused-ring (bicyclic) bond motifs is 1. The number of nitrogen functional groups attached to an aromatic ring is 1. The van der Waals surface area contributed by atoms with Crippen molar-refractivity contribution in [2.45, 2.75) is 4.90 Å². The van der Waals surface area contributed by atoms with E-state index < -0.39 is 10.0 Å². The van der Waals surface area contributed by atoms with Gasteiger partial charge in [0.05, 0.1) is 23.1 Å². The largest absolute Gasteiger partial charge is 0.397 e. The van der Waals surface area contributed by atoms with Crippen molar-refractivity contribution in [2.24, 2.45) is 0 Å². The molecule has 3 aromatic rings. The molecule has 0 radical (unpaired) electrons. The molecule has 1 heterocycles. The minimum atomic E-state index is -3.76. The monoisotopic (exact) mass is 306 g/mol. The number of rotatable bonds is 3. The Kier molecular flexibility index (Phi) is 3.03. The molecule has 0 saturated carbocycles. The molecule has 0 aliphatic carbocycles. The molecule has 0 amide bonds. The van der Waals surface area contributed by atoms with Crippen molar-refractivity contribution in [2.75, 3.05) is 10.5 Å². The highest BCUT2D eigenvalue weighted by molar-refractivity contribution is 7.93. The van der Waals surface area contributed by atoms with Crippen LogP contribution in [0.4, 0.5) is 11.4 Å². The van der Waals surface area contributed by atoms with Gasteiger partial charge in [-0.25, -0.2) is 8.42 Å². The van der Waals surface area contributed by atoms with Gasteiger partial charge in [-0.1, -0.05) is 18.2 Å². The predicted octanol–water partition coefficient (Wildman–Crippen LogP) is 2.07. The molecule has 0 aliphatic heterocycles. The number of nitrogens with zero attached hydrogens (tertiary/aromatic N) is 2. The van der Waals surface area contributed by atoms with E-state index in [1.807, 2.05) is 0 Å². The van der Waals surface area contributed by atoms with Gasteiger partial charge in [-0.3, -0.25) is 4.72 Å². The number of anilines is 2. The fraction of sp³-hybridized carbons (Fsp3) is 0. The van der Waals surface area contributed by atoms with Crippen LogP contribution in [0.5, 0.6) is 0 Å². The van der Waals surface area contributed by atoms with Gasteiger partial charge in [-0.15, -0.1) is 0 Å². The van der Waals surface area contributed by atoms with Crippen LogP contribution in [-0.4, -0.2) is 17.2 Å². The van der Waals surface area contributed by atoms with E-state index in [2.05, 4.69) is 13.5 Å². The van der Waals surface area contributed by atoms with Gasteiger partial charge in [0.2, 0.25) is 0 Å². The molecule has 0 bridgehead atoms. The summed E-state index contributed by atoms with van der Waals surface area (Å²) in [6, 6.07) is 11.5. The number of nitrogens with two attached hydrogens (primary N) is 1. The number of hydrogen-bond acceptors (Lipinski definition) is 6. The Hall–Kier alpha value is -2.19. The Labute approximate surface area is 119 Å². The van der Waals surface area contributed by atoms with E-state index in [1.54, 1.807) is 36.4 Å². The smallest absolute Gasteiger partial charge is 0.264 e. The SMILES string of the molecule is Nc1ccccc1NS(=O)(=O)c1cccc2nsnc12. The first-order valence-electron chi connectivity index (χ1n) is 5.66. The fourth-order valence-electron chi connectivity index (χ4n) is 1.79. The van der Waals surface area contributed by atoms with Crippen molar-refractivity contribution in [3.05, 3.63) is 42.5 Å². The number of nitrogens with one attached hydrogen (secondary N) is 1. The molecule has 8 heteroatoms. The highest BCUT2D eigenvalue weighted by Gasteiger charge is 2.20. The van der Waals surface area contributed by atoms with Crippen molar-refractivity contribution >= 4 is 44.2 Å². The predicted molar refractivity (Wildman–Crippen MR) is 79.1 cm³/mol. The van der Waals surface area contributed by atoms with Gasteiger partial charge in [0.15, 0.2) is 0 Å². The summed E-state index contributed by atoms with van der Waals surface area (Å²) in [5.74, 6) is 0. The average Bonchev–Trinajstić information content (AvgIpc) is 2.89. The van der Waals surface area contributed by atoms with Crippen LogP contribution in [0.1, 0.15) is 0 Å². The second-order valence-corrected chi connectivity index (χ2v) is 6.26. The lowest BCUT2D eigenvalue weighted by Gasteiger charge is -2.10. The number of aromatic nitrogens is 2. The highest BCUT2D eigenvalue weighted by Crippen LogP contribution is 2.25. The summed E-state index contributed by atoms with van der Waals surface area (Å²) >= 11 is 0.976. The Balaban J connectivity index is 2.09. The second kappa shape index (κ2) is 4.73. The molecule has 0 fully saturated rings. The first-order valence-corrected chi connectivity index (χ1v) is 7.88. The summed E-state index contributed by atoms with van der Waals surface area (Å²) in [7, 11) is -3.76. The molecule has 6 nitrogen and oxygen atoms in total. The van der Waals surface area contributed by atoms with E-state index in [9.17, 15) is 8.42 Å². The van der Waals surface area contributed by atoms with Crippen LogP contribution in [-0.2, 0) is 10.0 Å². The number of benzene rings is 2. The van der Waals surface area contributed by atoms with E-state index in [4.69, 9.17) is 5.73 Å². The Morgan fingerprint density at radius 3 is 2.65 bits per heavy atom. The van der Waals surface area contributed by atoms with Gasteiger partial charge >= 0.3 is 0 Å². The number of hydrogen-bond donors (Lipinski definition) is 2. The highest BCUT2D eigenvalue weighted by atomic mass is 32.2. The average molecular weight is 306 g/mol. The summed E-state index contributed by atoms with van der Waals surface area (Å²) in [4.78, 5) is 0.0898. The zero-order valence-corrected chi connectivity index (χ0v) is 11.8. The standard InChI is InChI=1S/C12H10N4O2S2/c13-8-4-1-2-5-9(8)16-20(17,18)11-7-3-6-10-12(11)15-19-14-10/h1-7,16H,13H2. The van der Waals surface area contributed by atoms with Crippen LogP contribution in [0.25, 0.3) is 11.0 Å². The maximum Gasteiger partial charge on any atom is 0.264 e. The van der Waals surface area contributed by atoms with Gasteiger partial charge in [-0.05, 0) is 24.3 Å². The lowest BCUT2D eigenvalue weighted by atomic mass is 10.3. The number of para-hydroxylation sites is 2. The van der Waals surface area contributed by atoms with Gasteiger partial charge in [0, 0.05) is 0 Å². The Morgan fingerprint density at radius 1 is 1.05 bits per heavy atom. The van der Waals surface area contributed by atoms with E-state index >= 15 is 0 Å². The maximum atomic E-state index is 12.4. The van der Waals surface area contributed by atoms with Crippen molar-refractivity contribution in [1.82, 2.24) is 8.75 Å². The maximum absolute atomic E-state index is 12.4. The molecule has 0 unspecified atom stereocenters. The minimum absolute atomic E-state index is 0.0898. The summed E-state index contributed by atoms with van der Waals surface area (Å²) in [5.41, 5.74) is 7.36. The molecule has 1 aromatic heterocycles. The molecule has 0 atom stereocenters. The van der Waals surface area contributed by atoms with E-state index in [1.165, 1.54) is 6.07 Å². The van der Waals surface area contributed by atoms with Crippen molar-refractivity contribution < 1.29 is 8.42 Å². The lowest BCUT2D eigenvalue weighted by molar-refractivity contribution is 0.602. The van der Waals surface area contributed by atoms with Crippen molar-refractivity contribution in [3.8, 4) is 0 Å². The zero-order valence-electron chi connectivity index (χ0n) is 10.1. The van der Waals surface area contributed by atoms with E-state index in [0.29, 0.717) is 22.4 Å². The molecule has 0 aliphatic rings. The molecule has 102 valence electrons. The van der Waals surface area contributed by atoms with Crippen LogP contribution >= 0.6 is 11.7 Å². The molecule has 2 aromatic carbocycles. The lowest BCUT2D eigenvalue weighted by Crippen LogP contribution is -2.14. The molecule has 0 saturated heterocycles. The summed E-state index contributed by atoms with van der Waals surface area (Å²) in [6.45, 7) is 0. The van der Waals surface area contributed by atoms with Crippen molar-refractivity contribution in [3.63, 3.8) is 0 Å². The third kappa shape index (κ3) is 2.19. The molecule has 3 N–H and O–H groups in total. The fourth-order valence-corrected chi connectivity index (χ4v) is 3.64. The van der Waals surface area contributed by atoms with Crippen LogP contribution in [0, 0.1) is 0 Å². The van der Waals surface area contributed by atoms with Gasteiger partial charge in [0.1, 0.15) is 15.9 Å². The van der Waals surface area contributed by atoms with Crippen LogP contribution < -0.4 is 10.5 Å². The summed E-state index contributed by atoms with van der Waals surface area (Å²) in [5, 5.41) is 0. The first kappa shape index (κ1) is 12.8. The second-order valence-electron chi connectivity index (χ2n) is 4.08. The Bertz CT molecular complexity index is 874. The normalized spacial score (nSPS) is 11.6. The molecular formula is C12H10N4O2S2. The van der Waals surface area contributed by atoms with E-state index in [0.717, 1.165) is 11.7 Å².